The Labute approximate surface area is 192 Å². The topological polar surface area (TPSA) is 40.5 Å². The molecular formula is C29H50O2. The molecule has 0 aromatic heterocycles. The van der Waals surface area contributed by atoms with Crippen molar-refractivity contribution in [2.75, 3.05) is 0 Å². The summed E-state index contributed by atoms with van der Waals surface area (Å²) >= 11 is 0. The minimum absolute atomic E-state index is 0.123. The molecule has 4 aliphatic carbocycles. The minimum atomic E-state index is -0.303. The Hall–Kier alpha value is -0.660. The Kier molecular flexibility index (Phi) is 6.05. The van der Waals surface area contributed by atoms with Crippen LogP contribution in [0.4, 0.5) is 0 Å². The number of aliphatic hydroxyl groups excluding tert-OH is 2. The molecule has 0 aromatic rings. The lowest BCUT2D eigenvalue weighted by Gasteiger charge is -2.64. The molecule has 3 saturated carbocycles. The second-order valence-electron chi connectivity index (χ2n) is 13.7. The molecule has 3 fully saturated rings. The van der Waals surface area contributed by atoms with Gasteiger partial charge in [-0.2, -0.15) is 0 Å². The summed E-state index contributed by atoms with van der Waals surface area (Å²) in [5.74, 6) is 6.03. The highest BCUT2D eigenvalue weighted by molar-refractivity contribution is 5.23. The van der Waals surface area contributed by atoms with Gasteiger partial charge in [0.1, 0.15) is 11.5 Å². The summed E-state index contributed by atoms with van der Waals surface area (Å²) in [6, 6.07) is 0. The average Bonchev–Trinajstić information content (AvgIpc) is 3.03. The number of hydrogen-bond donors (Lipinski definition) is 2. The largest absolute Gasteiger partial charge is 0.509 e. The van der Waals surface area contributed by atoms with Crippen LogP contribution in [0.25, 0.3) is 0 Å². The quantitative estimate of drug-likeness (QED) is 0.458. The lowest BCUT2D eigenvalue weighted by atomic mass is 9.41. The van der Waals surface area contributed by atoms with Gasteiger partial charge in [-0.3, -0.25) is 0 Å². The zero-order valence-corrected chi connectivity index (χ0v) is 21.5. The minimum Gasteiger partial charge on any atom is -0.509 e. The molecular weight excluding hydrogens is 380 g/mol. The fourth-order valence-corrected chi connectivity index (χ4v) is 9.80. The van der Waals surface area contributed by atoms with E-state index in [0.717, 1.165) is 29.6 Å². The summed E-state index contributed by atoms with van der Waals surface area (Å²) in [5.41, 5.74) is 0.303. The number of allylic oxidation sites excluding steroid dienone is 2. The van der Waals surface area contributed by atoms with Crippen molar-refractivity contribution in [1.82, 2.24) is 0 Å². The van der Waals surface area contributed by atoms with Crippen LogP contribution in [0.1, 0.15) is 113 Å². The maximum atomic E-state index is 10.7. The molecule has 0 saturated heterocycles. The van der Waals surface area contributed by atoms with Gasteiger partial charge in [0.25, 0.3) is 0 Å². The van der Waals surface area contributed by atoms with Crippen molar-refractivity contribution in [1.29, 1.82) is 0 Å². The third-order valence-electron chi connectivity index (χ3n) is 11.4. The zero-order valence-electron chi connectivity index (χ0n) is 21.5. The standard InChI is InChI=1S/C29H50O2/c1-18(2)9-8-10-19(3)20-15-16-28(6)21(20)11-12-23-22(28)13-14-25-27(4,5)26(31)24(30)17-29(23,25)7/h18-23,25,30-31H,8-17H2,1-7H3/t19-,20-,21-,22-,23+,25+,28+,29-/m1/s1. The van der Waals surface area contributed by atoms with Gasteiger partial charge < -0.3 is 10.2 Å². The highest BCUT2D eigenvalue weighted by atomic mass is 16.3. The first-order valence-corrected chi connectivity index (χ1v) is 13.5. The smallest absolute Gasteiger partial charge is 0.135 e. The van der Waals surface area contributed by atoms with E-state index < -0.39 is 0 Å². The van der Waals surface area contributed by atoms with E-state index in [1.54, 1.807) is 0 Å². The molecule has 4 rings (SSSR count). The molecule has 0 aliphatic heterocycles. The van der Waals surface area contributed by atoms with Crippen molar-refractivity contribution >= 4 is 0 Å². The molecule has 8 atom stereocenters. The van der Waals surface area contributed by atoms with E-state index in [2.05, 4.69) is 48.5 Å². The van der Waals surface area contributed by atoms with Crippen LogP contribution in [0, 0.1) is 57.7 Å². The third kappa shape index (κ3) is 3.57. The highest BCUT2D eigenvalue weighted by Gasteiger charge is 2.64. The normalized spacial score (nSPS) is 45.2. The Morgan fingerprint density at radius 3 is 2.10 bits per heavy atom. The second-order valence-corrected chi connectivity index (χ2v) is 13.7. The number of aliphatic hydroxyl groups is 2. The average molecular weight is 431 g/mol. The van der Waals surface area contributed by atoms with Crippen molar-refractivity contribution in [3.63, 3.8) is 0 Å². The van der Waals surface area contributed by atoms with Crippen LogP contribution in [-0.2, 0) is 0 Å². The number of fused-ring (bicyclic) bond motifs is 5. The van der Waals surface area contributed by atoms with Crippen molar-refractivity contribution in [3.05, 3.63) is 11.5 Å². The fourth-order valence-electron chi connectivity index (χ4n) is 9.80. The van der Waals surface area contributed by atoms with E-state index in [9.17, 15) is 10.2 Å². The molecule has 0 spiro atoms. The lowest BCUT2D eigenvalue weighted by molar-refractivity contribution is -0.146. The van der Waals surface area contributed by atoms with Crippen molar-refractivity contribution in [2.24, 2.45) is 57.7 Å². The molecule has 0 heterocycles. The van der Waals surface area contributed by atoms with Gasteiger partial charge in [-0.05, 0) is 90.8 Å². The summed E-state index contributed by atoms with van der Waals surface area (Å²) in [6.07, 6.45) is 13.0. The van der Waals surface area contributed by atoms with Gasteiger partial charge in [0, 0.05) is 11.8 Å². The number of hydrogen-bond acceptors (Lipinski definition) is 2. The van der Waals surface area contributed by atoms with Crippen LogP contribution in [-0.4, -0.2) is 10.2 Å². The molecule has 31 heavy (non-hydrogen) atoms. The van der Waals surface area contributed by atoms with Gasteiger partial charge in [0.15, 0.2) is 0 Å². The molecule has 0 aromatic carbocycles. The van der Waals surface area contributed by atoms with Crippen LogP contribution in [0.2, 0.25) is 0 Å². The molecule has 2 heteroatoms. The van der Waals surface area contributed by atoms with Crippen LogP contribution in [0.5, 0.6) is 0 Å². The van der Waals surface area contributed by atoms with Crippen molar-refractivity contribution in [2.45, 2.75) is 113 Å². The number of rotatable bonds is 5. The summed E-state index contributed by atoms with van der Waals surface area (Å²) in [5, 5.41) is 21.4. The maximum absolute atomic E-state index is 10.7. The van der Waals surface area contributed by atoms with E-state index in [0.29, 0.717) is 23.7 Å². The van der Waals surface area contributed by atoms with Crippen LogP contribution >= 0.6 is 0 Å². The highest BCUT2D eigenvalue weighted by Crippen LogP contribution is 2.71. The first kappa shape index (κ1) is 23.5. The van der Waals surface area contributed by atoms with Gasteiger partial charge >= 0.3 is 0 Å². The monoisotopic (exact) mass is 430 g/mol. The molecule has 2 nitrogen and oxygen atoms in total. The molecule has 0 amide bonds. The van der Waals surface area contributed by atoms with Crippen LogP contribution in [0.15, 0.2) is 11.5 Å². The molecule has 2 N–H and O–H groups in total. The Balaban J connectivity index is 1.54. The summed E-state index contributed by atoms with van der Waals surface area (Å²) < 4.78 is 0. The van der Waals surface area contributed by atoms with Gasteiger partial charge in [-0.1, -0.05) is 67.7 Å². The summed E-state index contributed by atoms with van der Waals surface area (Å²) in [4.78, 5) is 0. The molecule has 0 radical (unpaired) electrons. The van der Waals surface area contributed by atoms with Gasteiger partial charge in [-0.15, -0.1) is 0 Å². The Bertz CT molecular complexity index is 706. The molecule has 4 aliphatic rings. The molecule has 178 valence electrons. The van der Waals surface area contributed by atoms with Gasteiger partial charge in [-0.25, -0.2) is 0 Å². The molecule has 0 unspecified atom stereocenters. The Morgan fingerprint density at radius 1 is 0.806 bits per heavy atom. The fraction of sp³-hybridized carbons (Fsp3) is 0.931. The Morgan fingerprint density at radius 2 is 1.42 bits per heavy atom. The first-order chi connectivity index (χ1) is 14.4. The van der Waals surface area contributed by atoms with Crippen molar-refractivity contribution < 1.29 is 10.2 Å². The second kappa shape index (κ2) is 7.98. The summed E-state index contributed by atoms with van der Waals surface area (Å²) in [7, 11) is 0. The van der Waals surface area contributed by atoms with E-state index in [1.165, 1.54) is 57.8 Å². The SMILES string of the molecule is CC(C)CCC[C@@H](C)[C@H]1CC[C@@]2(C)[C@@H]1CC[C@H]1[C@H]2CC[C@H]2C(C)(C)C(O)=C(O)C[C@]12C. The zero-order chi connectivity index (χ0) is 22.8. The summed E-state index contributed by atoms with van der Waals surface area (Å²) in [6.45, 7) is 16.7. The van der Waals surface area contributed by atoms with E-state index in [-0.39, 0.29) is 22.3 Å². The first-order valence-electron chi connectivity index (χ1n) is 13.5. The predicted octanol–water partition coefficient (Wildman–Crippen LogP) is 8.68. The van der Waals surface area contributed by atoms with E-state index in [1.807, 2.05) is 0 Å². The van der Waals surface area contributed by atoms with Crippen LogP contribution < -0.4 is 0 Å². The predicted molar refractivity (Wildman–Crippen MR) is 130 cm³/mol. The van der Waals surface area contributed by atoms with E-state index >= 15 is 0 Å². The van der Waals surface area contributed by atoms with Crippen molar-refractivity contribution in [3.8, 4) is 0 Å². The maximum Gasteiger partial charge on any atom is 0.135 e. The lowest BCUT2D eigenvalue weighted by Crippen LogP contribution is -2.57. The van der Waals surface area contributed by atoms with Crippen LogP contribution in [0.3, 0.4) is 0 Å². The third-order valence-corrected chi connectivity index (χ3v) is 11.4. The van der Waals surface area contributed by atoms with Gasteiger partial charge in [0.2, 0.25) is 0 Å². The van der Waals surface area contributed by atoms with E-state index in [4.69, 9.17) is 0 Å². The van der Waals surface area contributed by atoms with Gasteiger partial charge in [0.05, 0.1) is 0 Å². The molecule has 0 bridgehead atoms.